The van der Waals surface area contributed by atoms with Crippen LogP contribution in [-0.4, -0.2) is 54.8 Å². The lowest BCUT2D eigenvalue weighted by Crippen LogP contribution is -2.49. The molecule has 29 heavy (non-hydrogen) atoms. The standard InChI is InChI=1S/C22H20N2O4S/c1-28-11-10-23-21(26)17-15-9-8-13-5-2-3-6-14(13)24(15)19(18(17)22(23)27)20(25)16-7-4-12-29-16/h2-9,12,15,17-19H,10-11H2,1H3/t15-,17+,18+,19-/m1/s1. The predicted molar refractivity (Wildman–Crippen MR) is 110 cm³/mol. The van der Waals surface area contributed by atoms with E-state index in [4.69, 9.17) is 4.74 Å². The molecule has 3 aliphatic rings. The number of nitrogens with zero attached hydrogens (tertiary/aromatic N) is 2. The Labute approximate surface area is 172 Å². The number of anilines is 1. The first kappa shape index (κ1) is 18.3. The van der Waals surface area contributed by atoms with Crippen LogP contribution in [0.2, 0.25) is 0 Å². The first-order chi connectivity index (χ1) is 14.1. The summed E-state index contributed by atoms with van der Waals surface area (Å²) in [6.07, 6.45) is 3.95. The lowest BCUT2D eigenvalue weighted by atomic mass is 9.87. The van der Waals surface area contributed by atoms with Gasteiger partial charge in [0.15, 0.2) is 5.78 Å². The first-order valence-corrected chi connectivity index (χ1v) is 10.5. The van der Waals surface area contributed by atoms with Crippen molar-refractivity contribution in [2.75, 3.05) is 25.2 Å². The Morgan fingerprint density at radius 3 is 2.66 bits per heavy atom. The number of para-hydroxylation sites is 1. The molecule has 1 aromatic heterocycles. The maximum atomic E-state index is 13.5. The van der Waals surface area contributed by atoms with Crippen LogP contribution in [0.1, 0.15) is 15.2 Å². The number of methoxy groups -OCH3 is 1. The fraction of sp³-hybridized carbons (Fsp3) is 0.318. The Hall–Kier alpha value is -2.77. The van der Waals surface area contributed by atoms with Gasteiger partial charge in [0.25, 0.3) is 0 Å². The number of fused-ring (bicyclic) bond motifs is 5. The quantitative estimate of drug-likeness (QED) is 0.562. The molecule has 4 atom stereocenters. The van der Waals surface area contributed by atoms with Crippen LogP contribution in [-0.2, 0) is 14.3 Å². The number of carbonyl (C=O) groups is 3. The summed E-state index contributed by atoms with van der Waals surface area (Å²) in [5.74, 6) is -1.82. The minimum atomic E-state index is -0.696. The minimum absolute atomic E-state index is 0.0997. The largest absolute Gasteiger partial charge is 0.383 e. The normalized spacial score (nSPS) is 27.2. The molecule has 1 aromatic carbocycles. The summed E-state index contributed by atoms with van der Waals surface area (Å²) in [5.41, 5.74) is 1.89. The van der Waals surface area contributed by atoms with E-state index in [0.29, 0.717) is 4.88 Å². The van der Waals surface area contributed by atoms with Crippen LogP contribution in [0.25, 0.3) is 6.08 Å². The number of imide groups is 1. The van der Waals surface area contributed by atoms with Gasteiger partial charge in [-0.05, 0) is 23.1 Å². The average molecular weight is 408 g/mol. The molecular formula is C22H20N2O4S. The van der Waals surface area contributed by atoms with E-state index in [0.717, 1.165) is 11.3 Å². The van der Waals surface area contributed by atoms with Crippen LogP contribution in [0.4, 0.5) is 5.69 Å². The smallest absolute Gasteiger partial charge is 0.235 e. The highest BCUT2D eigenvalue weighted by Gasteiger charge is 2.63. The molecular weight excluding hydrogens is 388 g/mol. The van der Waals surface area contributed by atoms with Crippen LogP contribution < -0.4 is 4.90 Å². The molecule has 0 aliphatic carbocycles. The Bertz CT molecular complexity index is 1020. The van der Waals surface area contributed by atoms with Crippen molar-refractivity contribution in [3.8, 4) is 0 Å². The van der Waals surface area contributed by atoms with Crippen LogP contribution in [0, 0.1) is 11.8 Å². The lowest BCUT2D eigenvalue weighted by molar-refractivity contribution is -0.141. The van der Waals surface area contributed by atoms with Gasteiger partial charge in [0.05, 0.1) is 35.9 Å². The third kappa shape index (κ3) is 2.61. The summed E-state index contributed by atoms with van der Waals surface area (Å²) < 4.78 is 5.07. The van der Waals surface area contributed by atoms with E-state index in [9.17, 15) is 14.4 Å². The van der Waals surface area contributed by atoms with Crippen molar-refractivity contribution >= 4 is 40.7 Å². The number of ketones is 1. The van der Waals surface area contributed by atoms with Gasteiger partial charge < -0.3 is 9.64 Å². The second kappa shape index (κ2) is 6.93. The minimum Gasteiger partial charge on any atom is -0.383 e. The molecule has 2 amide bonds. The van der Waals surface area contributed by atoms with Gasteiger partial charge in [-0.15, -0.1) is 11.3 Å². The molecule has 3 aliphatic heterocycles. The lowest BCUT2D eigenvalue weighted by Gasteiger charge is -2.36. The fourth-order valence-electron chi connectivity index (χ4n) is 4.84. The van der Waals surface area contributed by atoms with Crippen molar-refractivity contribution in [1.29, 1.82) is 0 Å². The molecule has 0 N–H and O–H groups in total. The summed E-state index contributed by atoms with van der Waals surface area (Å²) in [6, 6.07) is 10.4. The molecule has 4 heterocycles. The van der Waals surface area contributed by atoms with Crippen molar-refractivity contribution in [3.63, 3.8) is 0 Å². The highest BCUT2D eigenvalue weighted by Crippen LogP contribution is 2.49. The molecule has 148 valence electrons. The highest BCUT2D eigenvalue weighted by atomic mass is 32.1. The number of Topliss-reactive ketones (excluding diaryl/α,β-unsaturated/α-hetero) is 1. The third-order valence-electron chi connectivity index (χ3n) is 6.06. The maximum absolute atomic E-state index is 13.5. The van der Waals surface area contributed by atoms with Gasteiger partial charge >= 0.3 is 0 Å². The van der Waals surface area contributed by atoms with Crippen LogP contribution in [0.15, 0.2) is 47.9 Å². The Kier molecular flexibility index (Phi) is 4.37. The number of amides is 2. The highest BCUT2D eigenvalue weighted by molar-refractivity contribution is 7.12. The van der Waals surface area contributed by atoms with Crippen LogP contribution >= 0.6 is 11.3 Å². The number of likely N-dealkylation sites (tertiary alicyclic amines) is 1. The summed E-state index contributed by atoms with van der Waals surface area (Å²) in [4.78, 5) is 43.9. The van der Waals surface area contributed by atoms with Crippen molar-refractivity contribution in [2.45, 2.75) is 12.1 Å². The van der Waals surface area contributed by atoms with E-state index in [2.05, 4.69) is 0 Å². The molecule has 0 saturated carbocycles. The number of rotatable bonds is 5. The SMILES string of the molecule is COCCN1C(=O)[C@@H]2[C@H](C1=O)[C@H](C(=O)c1cccs1)N1c3ccccc3C=C[C@H]21. The maximum Gasteiger partial charge on any atom is 0.235 e. The van der Waals surface area contributed by atoms with Gasteiger partial charge in [-0.25, -0.2) is 0 Å². The second-order valence-electron chi connectivity index (χ2n) is 7.47. The van der Waals surface area contributed by atoms with Gasteiger partial charge in [0.2, 0.25) is 11.8 Å². The molecule has 6 nitrogen and oxygen atoms in total. The molecule has 7 heteroatoms. The number of thiophene rings is 1. The summed E-state index contributed by atoms with van der Waals surface area (Å²) in [5, 5.41) is 1.85. The molecule has 2 aromatic rings. The fourth-order valence-corrected chi connectivity index (χ4v) is 5.54. The van der Waals surface area contributed by atoms with Crippen molar-refractivity contribution in [1.82, 2.24) is 4.90 Å². The number of carbonyl (C=O) groups excluding carboxylic acids is 3. The van der Waals surface area contributed by atoms with Gasteiger partial charge in [0.1, 0.15) is 6.04 Å². The molecule has 5 rings (SSSR count). The van der Waals surface area contributed by atoms with Crippen molar-refractivity contribution in [2.24, 2.45) is 11.8 Å². The molecule has 2 saturated heterocycles. The van der Waals surface area contributed by atoms with Crippen molar-refractivity contribution in [3.05, 3.63) is 58.3 Å². The summed E-state index contributed by atoms with van der Waals surface area (Å²) in [7, 11) is 1.54. The second-order valence-corrected chi connectivity index (χ2v) is 8.42. The molecule has 0 spiro atoms. The van der Waals surface area contributed by atoms with E-state index >= 15 is 0 Å². The predicted octanol–water partition coefficient (Wildman–Crippen LogP) is 2.46. The number of benzene rings is 1. The van der Waals surface area contributed by atoms with E-state index in [-0.39, 0.29) is 36.8 Å². The monoisotopic (exact) mass is 408 g/mol. The van der Waals surface area contributed by atoms with Gasteiger partial charge in [-0.2, -0.15) is 0 Å². The zero-order chi connectivity index (χ0) is 20.1. The topological polar surface area (TPSA) is 66.9 Å². The molecule has 0 unspecified atom stereocenters. The van der Waals surface area contributed by atoms with Crippen LogP contribution in [0.3, 0.4) is 0 Å². The summed E-state index contributed by atoms with van der Waals surface area (Å²) >= 11 is 1.37. The average Bonchev–Trinajstić information content (AvgIpc) is 3.44. The Balaban J connectivity index is 1.62. The van der Waals surface area contributed by atoms with Gasteiger partial charge in [0, 0.05) is 12.8 Å². The first-order valence-electron chi connectivity index (χ1n) is 9.61. The molecule has 2 fully saturated rings. The zero-order valence-corrected chi connectivity index (χ0v) is 16.7. The van der Waals surface area contributed by atoms with Gasteiger partial charge in [-0.1, -0.05) is 36.4 Å². The Morgan fingerprint density at radius 2 is 1.90 bits per heavy atom. The van der Waals surface area contributed by atoms with E-state index < -0.39 is 17.9 Å². The van der Waals surface area contributed by atoms with E-state index in [1.165, 1.54) is 23.3 Å². The molecule has 0 bridgehead atoms. The summed E-state index contributed by atoms with van der Waals surface area (Å²) in [6.45, 7) is 0.502. The third-order valence-corrected chi connectivity index (χ3v) is 6.94. The zero-order valence-electron chi connectivity index (χ0n) is 15.9. The van der Waals surface area contributed by atoms with E-state index in [1.807, 2.05) is 52.8 Å². The Morgan fingerprint density at radius 1 is 1.10 bits per heavy atom. The van der Waals surface area contributed by atoms with Crippen molar-refractivity contribution < 1.29 is 19.1 Å². The molecule has 0 radical (unpaired) electrons. The van der Waals surface area contributed by atoms with Crippen LogP contribution in [0.5, 0.6) is 0 Å². The van der Waals surface area contributed by atoms with E-state index in [1.54, 1.807) is 6.07 Å². The number of hydrogen-bond donors (Lipinski definition) is 0. The van der Waals surface area contributed by atoms with Gasteiger partial charge in [-0.3, -0.25) is 19.3 Å². The number of ether oxygens (including phenoxy) is 1. The number of hydrogen-bond acceptors (Lipinski definition) is 6.